The van der Waals surface area contributed by atoms with Crippen LogP contribution in [0.5, 0.6) is 0 Å². The summed E-state index contributed by atoms with van der Waals surface area (Å²) in [5.41, 5.74) is 0.944. The molecule has 0 fully saturated rings. The summed E-state index contributed by atoms with van der Waals surface area (Å²) < 4.78 is 0. The van der Waals surface area contributed by atoms with E-state index < -0.39 is 16.8 Å². The maximum Gasteiger partial charge on any atom is 0.307 e. The number of benzene rings is 1. The molecule has 0 spiro atoms. The number of nitrogens with zero attached hydrogens (tertiary/aromatic N) is 1. The normalized spacial score (nSPS) is 12.1. The maximum atomic E-state index is 10.7. The number of non-ortho nitro benzene ring substituents is 1. The minimum Gasteiger partial charge on any atom is -0.481 e. The molecule has 0 amide bonds. The van der Waals surface area contributed by atoms with Crippen molar-refractivity contribution in [3.05, 3.63) is 33.9 Å². The third kappa shape index (κ3) is 3.74. The number of carboxylic acids is 1. The lowest BCUT2D eigenvalue weighted by Gasteiger charge is -2.08. The molecule has 17 heavy (non-hydrogen) atoms. The quantitative estimate of drug-likeness (QED) is 0.497. The van der Waals surface area contributed by atoms with E-state index in [9.17, 15) is 14.9 Å². The van der Waals surface area contributed by atoms with E-state index >= 15 is 0 Å². The van der Waals surface area contributed by atoms with Crippen LogP contribution in [-0.2, 0) is 4.79 Å². The van der Waals surface area contributed by atoms with Crippen LogP contribution in [0.1, 0.15) is 12.5 Å². The molecule has 0 saturated carbocycles. The molecule has 5 nitrogen and oxygen atoms in total. The van der Waals surface area contributed by atoms with Gasteiger partial charge in [-0.05, 0) is 12.5 Å². The molecule has 92 valence electrons. The number of hydrogen-bond acceptors (Lipinski definition) is 4. The average Bonchev–Trinajstić information content (AvgIpc) is 2.26. The van der Waals surface area contributed by atoms with Gasteiger partial charge in [-0.1, -0.05) is 13.0 Å². The highest BCUT2D eigenvalue weighted by Crippen LogP contribution is 2.28. The minimum atomic E-state index is -0.861. The third-order valence-electron chi connectivity index (χ3n) is 2.29. The summed E-state index contributed by atoms with van der Waals surface area (Å²) in [5, 5.41) is 19.4. The van der Waals surface area contributed by atoms with Crippen LogP contribution < -0.4 is 0 Å². The molecule has 0 saturated heterocycles. The predicted molar refractivity (Wildman–Crippen MR) is 65.4 cm³/mol. The minimum absolute atomic E-state index is 0.0288. The number of nitro benzene ring substituents is 1. The van der Waals surface area contributed by atoms with Crippen molar-refractivity contribution in [2.45, 2.75) is 18.7 Å². The maximum absolute atomic E-state index is 10.7. The first-order valence-electron chi connectivity index (χ1n) is 5.02. The van der Waals surface area contributed by atoms with Crippen LogP contribution in [0.15, 0.2) is 23.1 Å². The van der Waals surface area contributed by atoms with E-state index in [1.165, 1.54) is 23.9 Å². The number of nitro groups is 1. The second kappa shape index (κ2) is 5.67. The number of thioether (sulfide) groups is 1. The molecule has 0 aliphatic rings. The Morgan fingerprint density at radius 2 is 2.24 bits per heavy atom. The summed E-state index contributed by atoms with van der Waals surface area (Å²) in [6, 6.07) is 4.60. The Hall–Kier alpha value is -1.56. The van der Waals surface area contributed by atoms with Gasteiger partial charge in [0.1, 0.15) is 0 Å². The van der Waals surface area contributed by atoms with Crippen molar-refractivity contribution in [2.75, 3.05) is 5.75 Å². The molecule has 1 N–H and O–H groups in total. The van der Waals surface area contributed by atoms with Gasteiger partial charge in [0.2, 0.25) is 0 Å². The number of hydrogen-bond donors (Lipinski definition) is 1. The molecular weight excluding hydrogens is 242 g/mol. The van der Waals surface area contributed by atoms with Crippen LogP contribution in [0.25, 0.3) is 0 Å². The second-order valence-electron chi connectivity index (χ2n) is 3.76. The number of rotatable bonds is 5. The van der Waals surface area contributed by atoms with E-state index in [-0.39, 0.29) is 5.69 Å². The van der Waals surface area contributed by atoms with Gasteiger partial charge in [-0.25, -0.2) is 0 Å². The molecule has 1 unspecified atom stereocenters. The van der Waals surface area contributed by atoms with Crippen molar-refractivity contribution < 1.29 is 14.8 Å². The largest absolute Gasteiger partial charge is 0.481 e. The highest BCUT2D eigenvalue weighted by Gasteiger charge is 2.14. The highest BCUT2D eigenvalue weighted by molar-refractivity contribution is 7.99. The zero-order valence-corrected chi connectivity index (χ0v) is 10.4. The lowest BCUT2D eigenvalue weighted by atomic mass is 10.2. The van der Waals surface area contributed by atoms with Crippen LogP contribution in [0.4, 0.5) is 5.69 Å². The van der Waals surface area contributed by atoms with Gasteiger partial charge in [0.05, 0.1) is 10.8 Å². The molecule has 1 rings (SSSR count). The number of carboxylic acid groups (broad SMARTS) is 1. The smallest absolute Gasteiger partial charge is 0.307 e. The van der Waals surface area contributed by atoms with E-state index in [0.29, 0.717) is 5.75 Å². The zero-order valence-electron chi connectivity index (χ0n) is 9.54. The Labute approximate surface area is 103 Å². The van der Waals surface area contributed by atoms with Gasteiger partial charge in [0.25, 0.3) is 5.69 Å². The summed E-state index contributed by atoms with van der Waals surface area (Å²) in [7, 11) is 0. The van der Waals surface area contributed by atoms with Crippen molar-refractivity contribution in [3.63, 3.8) is 0 Å². The number of aliphatic carboxylic acids is 1. The molecule has 0 aliphatic carbocycles. The summed E-state index contributed by atoms with van der Waals surface area (Å²) in [6.45, 7) is 3.46. The Balaban J connectivity index is 2.79. The molecule has 1 atom stereocenters. The standard InChI is InChI=1S/C11H13NO4S/c1-7-3-4-9(12(15)16)5-10(7)17-6-8(2)11(13)14/h3-5,8H,6H2,1-2H3,(H,13,14). The molecule has 0 bridgehead atoms. The first-order valence-corrected chi connectivity index (χ1v) is 6.01. The Morgan fingerprint density at radius 3 is 2.76 bits per heavy atom. The fraction of sp³-hybridized carbons (Fsp3) is 0.364. The van der Waals surface area contributed by atoms with Gasteiger partial charge in [0.15, 0.2) is 0 Å². The van der Waals surface area contributed by atoms with Gasteiger partial charge in [-0.3, -0.25) is 14.9 Å². The van der Waals surface area contributed by atoms with Gasteiger partial charge < -0.3 is 5.11 Å². The summed E-state index contributed by atoms with van der Waals surface area (Å²) in [4.78, 5) is 21.6. The van der Waals surface area contributed by atoms with Crippen molar-refractivity contribution in [3.8, 4) is 0 Å². The van der Waals surface area contributed by atoms with Crippen molar-refractivity contribution >= 4 is 23.4 Å². The first kappa shape index (κ1) is 13.5. The molecule has 0 radical (unpaired) electrons. The van der Waals surface area contributed by atoms with Gasteiger partial charge in [0, 0.05) is 22.8 Å². The Kier molecular flexibility index (Phi) is 4.51. The number of aryl methyl sites for hydroxylation is 1. The molecule has 0 heterocycles. The van der Waals surface area contributed by atoms with Crippen molar-refractivity contribution in [1.82, 2.24) is 0 Å². The Bertz CT molecular complexity index is 447. The van der Waals surface area contributed by atoms with Crippen molar-refractivity contribution in [2.24, 2.45) is 5.92 Å². The fourth-order valence-electron chi connectivity index (χ4n) is 1.14. The third-order valence-corrected chi connectivity index (χ3v) is 3.71. The second-order valence-corrected chi connectivity index (χ2v) is 4.82. The molecule has 1 aromatic rings. The van der Waals surface area contributed by atoms with E-state index in [0.717, 1.165) is 10.5 Å². The first-order chi connectivity index (χ1) is 7.91. The summed E-state index contributed by atoms with van der Waals surface area (Å²) >= 11 is 1.33. The summed E-state index contributed by atoms with van der Waals surface area (Å²) in [5.74, 6) is -0.934. The summed E-state index contributed by atoms with van der Waals surface area (Å²) in [6.07, 6.45) is 0. The zero-order chi connectivity index (χ0) is 13.0. The van der Waals surface area contributed by atoms with Gasteiger partial charge in [-0.2, -0.15) is 0 Å². The molecule has 0 aliphatic heterocycles. The van der Waals surface area contributed by atoms with Crippen LogP contribution in [-0.4, -0.2) is 21.8 Å². The average molecular weight is 255 g/mol. The topological polar surface area (TPSA) is 80.4 Å². The molecule has 1 aromatic carbocycles. The highest BCUT2D eigenvalue weighted by atomic mass is 32.2. The van der Waals surface area contributed by atoms with Crippen LogP contribution >= 0.6 is 11.8 Å². The molecule has 6 heteroatoms. The van der Waals surface area contributed by atoms with E-state index in [1.807, 2.05) is 6.92 Å². The lowest BCUT2D eigenvalue weighted by molar-refractivity contribution is -0.385. The SMILES string of the molecule is Cc1ccc([N+](=O)[O-])cc1SCC(C)C(=O)O. The number of carbonyl (C=O) groups is 1. The van der Waals surface area contributed by atoms with Crippen LogP contribution in [0.2, 0.25) is 0 Å². The van der Waals surface area contributed by atoms with Crippen LogP contribution in [0, 0.1) is 23.0 Å². The molecular formula is C11H13NO4S. The van der Waals surface area contributed by atoms with Gasteiger partial charge >= 0.3 is 5.97 Å². The fourth-order valence-corrected chi connectivity index (χ4v) is 2.22. The molecule has 0 aromatic heterocycles. The van der Waals surface area contributed by atoms with Gasteiger partial charge in [-0.15, -0.1) is 11.8 Å². The van der Waals surface area contributed by atoms with E-state index in [4.69, 9.17) is 5.11 Å². The lowest BCUT2D eigenvalue weighted by Crippen LogP contribution is -2.11. The van der Waals surface area contributed by atoms with Crippen LogP contribution in [0.3, 0.4) is 0 Å². The van der Waals surface area contributed by atoms with Crippen molar-refractivity contribution in [1.29, 1.82) is 0 Å². The predicted octanol–water partition coefficient (Wildman–Crippen LogP) is 2.72. The monoisotopic (exact) mass is 255 g/mol. The van der Waals surface area contributed by atoms with E-state index in [1.54, 1.807) is 13.0 Å². The Morgan fingerprint density at radius 1 is 1.59 bits per heavy atom. The van der Waals surface area contributed by atoms with E-state index in [2.05, 4.69) is 0 Å².